The average molecular weight is 250 g/mol. The molecule has 1 aromatic carbocycles. The Hall–Kier alpha value is -1.06. The number of hydrogen-bond donors (Lipinski definition) is 1. The van der Waals surface area contributed by atoms with Crippen molar-refractivity contribution in [3.63, 3.8) is 0 Å². The highest BCUT2D eigenvalue weighted by Crippen LogP contribution is 2.28. The van der Waals surface area contributed by atoms with Gasteiger partial charge in [0, 0.05) is 31.4 Å². The first-order chi connectivity index (χ1) is 8.61. The molecule has 0 saturated carbocycles. The number of nitrogens with two attached hydrogens (primary N) is 1. The van der Waals surface area contributed by atoms with Crippen molar-refractivity contribution in [1.29, 1.82) is 0 Å². The Balaban J connectivity index is 3.03. The summed E-state index contributed by atoms with van der Waals surface area (Å²) >= 11 is 0. The fraction of sp³-hybridized carbons (Fsp3) is 0.600. The number of hydrogen-bond acceptors (Lipinski definition) is 3. The van der Waals surface area contributed by atoms with E-state index in [1.165, 1.54) is 11.3 Å². The molecule has 1 aromatic rings. The first kappa shape index (κ1) is 15.0. The Bertz CT molecular complexity index is 352. The molecule has 0 amide bonds. The lowest BCUT2D eigenvalue weighted by atomic mass is 10.0. The molecule has 3 nitrogen and oxygen atoms in total. The van der Waals surface area contributed by atoms with Gasteiger partial charge in [-0.1, -0.05) is 25.1 Å². The van der Waals surface area contributed by atoms with Crippen molar-refractivity contribution in [1.82, 2.24) is 0 Å². The Labute approximate surface area is 111 Å². The summed E-state index contributed by atoms with van der Waals surface area (Å²) in [5.41, 5.74) is 8.67. The van der Waals surface area contributed by atoms with E-state index in [2.05, 4.69) is 49.9 Å². The molecule has 0 bridgehead atoms. The zero-order chi connectivity index (χ0) is 13.5. The molecule has 1 unspecified atom stereocenters. The Morgan fingerprint density at radius 1 is 1.28 bits per heavy atom. The standard InChI is InChI=1S/C15H26N2O/c1-5-14(16)13-8-6-7-9-15(13)17(12(2)3)10-11-18-4/h6-9,12,14H,5,10-11,16H2,1-4H3. The predicted molar refractivity (Wildman–Crippen MR) is 78.0 cm³/mol. The van der Waals surface area contributed by atoms with Crippen LogP contribution in [0, 0.1) is 0 Å². The number of para-hydroxylation sites is 1. The zero-order valence-corrected chi connectivity index (χ0v) is 12.0. The monoisotopic (exact) mass is 250 g/mol. The SMILES string of the molecule is CCC(N)c1ccccc1N(CCOC)C(C)C. The van der Waals surface area contributed by atoms with Crippen molar-refractivity contribution < 1.29 is 4.74 Å². The fourth-order valence-corrected chi connectivity index (χ4v) is 2.13. The first-order valence-electron chi connectivity index (χ1n) is 6.71. The molecule has 102 valence electrons. The van der Waals surface area contributed by atoms with E-state index in [0.29, 0.717) is 6.04 Å². The molecule has 0 fully saturated rings. The van der Waals surface area contributed by atoms with Crippen molar-refractivity contribution in [2.24, 2.45) is 5.73 Å². The predicted octanol–water partition coefficient (Wildman–Crippen LogP) is 2.96. The van der Waals surface area contributed by atoms with E-state index >= 15 is 0 Å². The maximum absolute atomic E-state index is 6.20. The average Bonchev–Trinajstić information content (AvgIpc) is 2.38. The van der Waals surface area contributed by atoms with Gasteiger partial charge in [-0.25, -0.2) is 0 Å². The molecule has 0 aliphatic heterocycles. The molecular formula is C15H26N2O. The van der Waals surface area contributed by atoms with Gasteiger partial charge in [0.05, 0.1) is 6.61 Å². The van der Waals surface area contributed by atoms with Crippen LogP contribution in [0.15, 0.2) is 24.3 Å². The lowest BCUT2D eigenvalue weighted by Crippen LogP contribution is -2.35. The number of nitrogens with zero attached hydrogens (tertiary/aromatic N) is 1. The third-order valence-corrected chi connectivity index (χ3v) is 3.25. The van der Waals surface area contributed by atoms with Gasteiger partial charge in [0.25, 0.3) is 0 Å². The Morgan fingerprint density at radius 2 is 1.94 bits per heavy atom. The minimum absolute atomic E-state index is 0.102. The topological polar surface area (TPSA) is 38.5 Å². The second kappa shape index (κ2) is 7.39. The fourth-order valence-electron chi connectivity index (χ4n) is 2.13. The molecule has 0 spiro atoms. The number of rotatable bonds is 7. The molecule has 3 heteroatoms. The van der Waals surface area contributed by atoms with E-state index < -0.39 is 0 Å². The summed E-state index contributed by atoms with van der Waals surface area (Å²) in [4.78, 5) is 2.36. The first-order valence-corrected chi connectivity index (χ1v) is 6.71. The van der Waals surface area contributed by atoms with E-state index in [9.17, 15) is 0 Å². The van der Waals surface area contributed by atoms with Gasteiger partial charge in [0.15, 0.2) is 0 Å². The Kier molecular flexibility index (Phi) is 6.16. The normalized spacial score (nSPS) is 12.8. The van der Waals surface area contributed by atoms with Crippen molar-refractivity contribution >= 4 is 5.69 Å². The summed E-state index contributed by atoms with van der Waals surface area (Å²) < 4.78 is 5.20. The number of benzene rings is 1. The largest absolute Gasteiger partial charge is 0.383 e. The maximum Gasteiger partial charge on any atom is 0.0637 e. The summed E-state index contributed by atoms with van der Waals surface area (Å²) in [5, 5.41) is 0. The van der Waals surface area contributed by atoms with Gasteiger partial charge in [0.2, 0.25) is 0 Å². The zero-order valence-electron chi connectivity index (χ0n) is 12.0. The van der Waals surface area contributed by atoms with Crippen LogP contribution in [0.25, 0.3) is 0 Å². The second-order valence-corrected chi connectivity index (χ2v) is 4.85. The molecule has 18 heavy (non-hydrogen) atoms. The van der Waals surface area contributed by atoms with Gasteiger partial charge in [-0.05, 0) is 31.9 Å². The molecule has 0 radical (unpaired) electrons. The van der Waals surface area contributed by atoms with Gasteiger partial charge in [0.1, 0.15) is 0 Å². The van der Waals surface area contributed by atoms with Crippen molar-refractivity contribution in [3.05, 3.63) is 29.8 Å². The summed E-state index contributed by atoms with van der Waals surface area (Å²) in [5.74, 6) is 0. The van der Waals surface area contributed by atoms with Crippen LogP contribution >= 0.6 is 0 Å². The van der Waals surface area contributed by atoms with E-state index in [-0.39, 0.29) is 6.04 Å². The smallest absolute Gasteiger partial charge is 0.0637 e. The highest BCUT2D eigenvalue weighted by atomic mass is 16.5. The van der Waals surface area contributed by atoms with Gasteiger partial charge < -0.3 is 15.4 Å². The molecule has 0 saturated heterocycles. The van der Waals surface area contributed by atoms with Gasteiger partial charge in [-0.15, -0.1) is 0 Å². The number of anilines is 1. The molecule has 2 N–H and O–H groups in total. The van der Waals surface area contributed by atoms with E-state index in [0.717, 1.165) is 19.6 Å². The maximum atomic E-state index is 6.20. The van der Waals surface area contributed by atoms with Crippen LogP contribution in [0.2, 0.25) is 0 Å². The van der Waals surface area contributed by atoms with Gasteiger partial charge in [-0.3, -0.25) is 0 Å². The second-order valence-electron chi connectivity index (χ2n) is 4.85. The van der Waals surface area contributed by atoms with Crippen LogP contribution in [0.1, 0.15) is 38.8 Å². The van der Waals surface area contributed by atoms with E-state index in [1.807, 2.05) is 0 Å². The van der Waals surface area contributed by atoms with Crippen LogP contribution in [0.5, 0.6) is 0 Å². The van der Waals surface area contributed by atoms with Crippen LogP contribution in [0.3, 0.4) is 0 Å². The summed E-state index contributed by atoms with van der Waals surface area (Å²) in [6.07, 6.45) is 0.952. The highest BCUT2D eigenvalue weighted by molar-refractivity contribution is 5.55. The number of ether oxygens (including phenoxy) is 1. The summed E-state index contributed by atoms with van der Waals surface area (Å²) in [7, 11) is 1.74. The molecule has 0 aromatic heterocycles. The molecule has 1 atom stereocenters. The van der Waals surface area contributed by atoms with Crippen LogP contribution in [-0.2, 0) is 4.74 Å². The molecule has 0 aliphatic rings. The van der Waals surface area contributed by atoms with Gasteiger partial charge >= 0.3 is 0 Å². The minimum atomic E-state index is 0.102. The molecular weight excluding hydrogens is 224 g/mol. The lowest BCUT2D eigenvalue weighted by molar-refractivity contribution is 0.203. The molecule has 0 heterocycles. The van der Waals surface area contributed by atoms with Crippen LogP contribution < -0.4 is 10.6 Å². The van der Waals surface area contributed by atoms with Crippen molar-refractivity contribution in [2.45, 2.75) is 39.3 Å². The molecule has 1 rings (SSSR count). The van der Waals surface area contributed by atoms with Crippen molar-refractivity contribution in [2.75, 3.05) is 25.2 Å². The Morgan fingerprint density at radius 3 is 2.50 bits per heavy atom. The van der Waals surface area contributed by atoms with E-state index in [4.69, 9.17) is 10.5 Å². The third kappa shape index (κ3) is 3.72. The van der Waals surface area contributed by atoms with Crippen LogP contribution in [-0.4, -0.2) is 26.3 Å². The van der Waals surface area contributed by atoms with Crippen LogP contribution in [0.4, 0.5) is 5.69 Å². The lowest BCUT2D eigenvalue weighted by Gasteiger charge is -2.32. The van der Waals surface area contributed by atoms with Gasteiger partial charge in [-0.2, -0.15) is 0 Å². The summed E-state index contributed by atoms with van der Waals surface area (Å²) in [6, 6.07) is 8.95. The number of methoxy groups -OCH3 is 1. The molecule has 0 aliphatic carbocycles. The highest BCUT2D eigenvalue weighted by Gasteiger charge is 2.16. The van der Waals surface area contributed by atoms with Crippen molar-refractivity contribution in [3.8, 4) is 0 Å². The van der Waals surface area contributed by atoms with E-state index in [1.54, 1.807) is 7.11 Å². The summed E-state index contributed by atoms with van der Waals surface area (Å²) in [6.45, 7) is 8.14. The third-order valence-electron chi connectivity index (χ3n) is 3.25. The minimum Gasteiger partial charge on any atom is -0.383 e. The quantitative estimate of drug-likeness (QED) is 0.808.